The lowest BCUT2D eigenvalue weighted by molar-refractivity contribution is -0.181. The zero-order valence-corrected chi connectivity index (χ0v) is 22.0. The van der Waals surface area contributed by atoms with Gasteiger partial charge in [0.15, 0.2) is 11.5 Å². The molecule has 0 radical (unpaired) electrons. The fraction of sp³-hybridized carbons (Fsp3) is 0.259. The Hall–Kier alpha value is -5.01. The quantitative estimate of drug-likeness (QED) is 0.311. The third-order valence-corrected chi connectivity index (χ3v) is 7.11. The van der Waals surface area contributed by atoms with Crippen LogP contribution in [0.4, 0.5) is 19.0 Å². The monoisotopic (exact) mass is 571 g/mol. The van der Waals surface area contributed by atoms with Crippen LogP contribution in [0, 0.1) is 6.92 Å². The number of anilines is 1. The van der Waals surface area contributed by atoms with Crippen LogP contribution in [0.15, 0.2) is 62.9 Å². The molecule has 214 valence electrons. The summed E-state index contributed by atoms with van der Waals surface area (Å²) in [4.78, 5) is 54.7. The maximum atomic E-state index is 15.1. The summed E-state index contributed by atoms with van der Waals surface area (Å²) in [5.41, 5.74) is -8.80. The number of halogens is 3. The van der Waals surface area contributed by atoms with Gasteiger partial charge >= 0.3 is 11.9 Å². The number of aryl methyl sites for hydroxylation is 2. The van der Waals surface area contributed by atoms with Gasteiger partial charge in [-0.1, -0.05) is 24.3 Å². The van der Waals surface area contributed by atoms with E-state index >= 15 is 13.2 Å². The molecule has 1 aliphatic rings. The molecule has 5 rings (SSSR count). The molecule has 0 spiro atoms. The van der Waals surface area contributed by atoms with Crippen molar-refractivity contribution in [2.45, 2.75) is 31.5 Å². The lowest BCUT2D eigenvalue weighted by atomic mass is 9.75. The summed E-state index contributed by atoms with van der Waals surface area (Å²) < 4.78 is 57.6. The molecule has 41 heavy (non-hydrogen) atoms. The average molecular weight is 572 g/mol. The number of alkyl halides is 3. The number of aromatic nitrogens is 4. The van der Waals surface area contributed by atoms with Crippen molar-refractivity contribution >= 4 is 11.7 Å². The minimum absolute atomic E-state index is 0.109. The zero-order valence-electron chi connectivity index (χ0n) is 22.0. The number of nitrogens with zero attached hydrogens (tertiary/aromatic N) is 2. The molecule has 3 heterocycles. The van der Waals surface area contributed by atoms with Crippen LogP contribution in [-0.2, 0) is 23.2 Å². The van der Waals surface area contributed by atoms with E-state index in [0.717, 1.165) is 9.25 Å². The van der Waals surface area contributed by atoms with Gasteiger partial charge < -0.3 is 14.8 Å². The molecule has 0 saturated carbocycles. The predicted octanol–water partition coefficient (Wildman–Crippen LogP) is 2.38. The van der Waals surface area contributed by atoms with Crippen LogP contribution < -0.4 is 31.6 Å². The number of hydrogen-bond acceptors (Lipinski definition) is 6. The van der Waals surface area contributed by atoms with Crippen molar-refractivity contribution in [3.8, 4) is 17.2 Å². The summed E-state index contributed by atoms with van der Waals surface area (Å²) in [6, 6.07) is 12.7. The Labute approximate surface area is 229 Å². The van der Waals surface area contributed by atoms with Gasteiger partial charge in [0.05, 0.1) is 31.0 Å². The highest BCUT2D eigenvalue weighted by atomic mass is 19.4. The lowest BCUT2D eigenvalue weighted by Crippen LogP contribution is -2.54. The Morgan fingerprint density at radius 1 is 0.927 bits per heavy atom. The maximum Gasteiger partial charge on any atom is 0.411 e. The number of H-pyrrole nitrogens is 2. The number of carbonyl (C=O) groups excluding carboxylic acids is 1. The summed E-state index contributed by atoms with van der Waals surface area (Å²) in [5.74, 6) is -1.46. The van der Waals surface area contributed by atoms with Crippen molar-refractivity contribution in [3.05, 3.63) is 102 Å². The second-order valence-corrected chi connectivity index (χ2v) is 9.36. The summed E-state index contributed by atoms with van der Waals surface area (Å²) >= 11 is 0. The van der Waals surface area contributed by atoms with Crippen molar-refractivity contribution in [2.75, 3.05) is 19.5 Å². The normalized spacial score (nSPS) is 16.4. The smallest absolute Gasteiger partial charge is 0.411 e. The molecule has 0 bridgehead atoms. The summed E-state index contributed by atoms with van der Waals surface area (Å²) in [7, 11) is 2.89. The molecule has 0 aliphatic carbocycles. The van der Waals surface area contributed by atoms with E-state index < -0.39 is 51.3 Å². The molecule has 2 aromatic heterocycles. The number of hydrogen-bond donors (Lipinski definition) is 3. The maximum absolute atomic E-state index is 15.1. The summed E-state index contributed by atoms with van der Waals surface area (Å²) in [6.45, 7) is 0.984. The van der Waals surface area contributed by atoms with Crippen molar-refractivity contribution in [3.63, 3.8) is 0 Å². The third-order valence-electron chi connectivity index (χ3n) is 7.11. The van der Waals surface area contributed by atoms with Gasteiger partial charge in [0.2, 0.25) is 5.41 Å². The largest absolute Gasteiger partial charge is 0.493 e. The van der Waals surface area contributed by atoms with Crippen LogP contribution in [0.25, 0.3) is 5.69 Å². The van der Waals surface area contributed by atoms with Crippen molar-refractivity contribution < 1.29 is 27.4 Å². The van der Waals surface area contributed by atoms with E-state index in [-0.39, 0.29) is 24.3 Å². The minimum atomic E-state index is -5.44. The van der Waals surface area contributed by atoms with E-state index in [4.69, 9.17) is 9.47 Å². The lowest BCUT2D eigenvalue weighted by Gasteiger charge is -2.28. The zero-order chi connectivity index (χ0) is 29.7. The van der Waals surface area contributed by atoms with E-state index in [2.05, 4.69) is 10.4 Å². The van der Waals surface area contributed by atoms with E-state index in [9.17, 15) is 19.2 Å². The van der Waals surface area contributed by atoms with Crippen LogP contribution in [0.5, 0.6) is 11.5 Å². The highest BCUT2D eigenvalue weighted by molar-refractivity contribution is 6.08. The number of nitrogens with one attached hydrogen (secondary N) is 3. The summed E-state index contributed by atoms with van der Waals surface area (Å²) in [5, 5.41) is 4.69. The first kappa shape index (κ1) is 27.6. The fourth-order valence-electron chi connectivity index (χ4n) is 5.25. The van der Waals surface area contributed by atoms with Crippen molar-refractivity contribution in [1.29, 1.82) is 0 Å². The molecular formula is C27H24F3N5O6. The minimum Gasteiger partial charge on any atom is -0.493 e. The number of amides is 1. The van der Waals surface area contributed by atoms with Crippen molar-refractivity contribution in [2.24, 2.45) is 0 Å². The standard InChI is InChI=1S/C27H24F3N5O6/c1-14-19(23(37)35(33-14)16-7-5-4-6-8-16)26(27(28,29)30)20-21(31-24(26)38)34(25(39)32-22(20)36)12-11-15-9-10-17(40-2)18(13-15)41-3/h4-10,13,33H,11-12H2,1-3H3,(H,31,38)(H,32,36,39)/t26-/m1/s1. The first-order chi connectivity index (χ1) is 19.4. The SMILES string of the molecule is COc1ccc(CCn2c3c(c(=O)[nH]c2=O)[C@@](c2c(C)[nH]n(-c4ccccc4)c2=O)(C(F)(F)F)C(=O)N3)cc1OC. The molecule has 0 fully saturated rings. The molecule has 0 unspecified atom stereocenters. The fourth-order valence-corrected chi connectivity index (χ4v) is 5.25. The highest BCUT2D eigenvalue weighted by Crippen LogP contribution is 2.51. The van der Waals surface area contributed by atoms with Gasteiger partial charge in [-0.3, -0.25) is 29.0 Å². The number of aromatic amines is 2. The van der Waals surface area contributed by atoms with E-state index in [1.54, 1.807) is 36.4 Å². The van der Waals surface area contributed by atoms with Crippen LogP contribution >= 0.6 is 0 Å². The van der Waals surface area contributed by atoms with E-state index in [0.29, 0.717) is 17.1 Å². The number of fused-ring (bicyclic) bond motifs is 1. The topological polar surface area (TPSA) is 140 Å². The van der Waals surface area contributed by atoms with Gasteiger partial charge in [-0.15, -0.1) is 0 Å². The molecule has 11 nitrogen and oxygen atoms in total. The molecule has 2 aromatic carbocycles. The van der Waals surface area contributed by atoms with Crippen LogP contribution in [0.2, 0.25) is 0 Å². The third kappa shape index (κ3) is 4.13. The average Bonchev–Trinajstić information content (AvgIpc) is 3.41. The molecular weight excluding hydrogens is 547 g/mol. The van der Waals surface area contributed by atoms with Gasteiger partial charge in [0, 0.05) is 12.2 Å². The first-order valence-corrected chi connectivity index (χ1v) is 12.3. The predicted molar refractivity (Wildman–Crippen MR) is 141 cm³/mol. The van der Waals surface area contributed by atoms with Gasteiger partial charge in [0.1, 0.15) is 5.82 Å². The molecule has 1 aliphatic heterocycles. The van der Waals surface area contributed by atoms with Gasteiger partial charge in [0.25, 0.3) is 17.0 Å². The van der Waals surface area contributed by atoms with Crippen LogP contribution in [0.1, 0.15) is 22.4 Å². The van der Waals surface area contributed by atoms with Gasteiger partial charge in [-0.05, 0) is 43.2 Å². The highest BCUT2D eigenvalue weighted by Gasteiger charge is 2.70. The Morgan fingerprint density at radius 3 is 2.24 bits per heavy atom. The number of rotatable bonds is 7. The summed E-state index contributed by atoms with van der Waals surface area (Å²) in [6.07, 6.45) is -5.33. The number of carbonyl (C=O) groups is 1. The molecule has 3 N–H and O–H groups in total. The molecule has 4 aromatic rings. The van der Waals surface area contributed by atoms with Crippen LogP contribution in [0.3, 0.4) is 0 Å². The molecule has 0 saturated heterocycles. The number of para-hydroxylation sites is 1. The molecule has 1 amide bonds. The second-order valence-electron chi connectivity index (χ2n) is 9.36. The van der Waals surface area contributed by atoms with Crippen LogP contribution in [-0.4, -0.2) is 45.6 Å². The Kier molecular flexibility index (Phi) is 6.63. The van der Waals surface area contributed by atoms with E-state index in [1.165, 1.54) is 33.3 Å². The Bertz CT molecular complexity index is 1840. The number of methoxy groups -OCH3 is 2. The first-order valence-electron chi connectivity index (χ1n) is 12.3. The Morgan fingerprint density at radius 2 is 1.61 bits per heavy atom. The van der Waals surface area contributed by atoms with Gasteiger partial charge in [-0.25, -0.2) is 9.48 Å². The van der Waals surface area contributed by atoms with E-state index in [1.807, 2.05) is 4.98 Å². The number of benzene rings is 2. The molecule has 1 atom stereocenters. The van der Waals surface area contributed by atoms with Crippen molar-refractivity contribution in [1.82, 2.24) is 19.3 Å². The number of ether oxygens (including phenoxy) is 2. The second kappa shape index (κ2) is 9.87. The van der Waals surface area contributed by atoms with Gasteiger partial charge in [-0.2, -0.15) is 13.2 Å². The Balaban J connectivity index is 1.70. The molecule has 14 heteroatoms.